The number of non-ortho nitro benzene ring substituents is 1. The van der Waals surface area contributed by atoms with Gasteiger partial charge >= 0.3 is 0 Å². The van der Waals surface area contributed by atoms with E-state index in [1.165, 1.54) is 41.3 Å². The molecule has 1 heterocycles. The lowest BCUT2D eigenvalue weighted by Gasteiger charge is -2.11. The molecule has 2 aromatic rings. The van der Waals surface area contributed by atoms with Crippen LogP contribution in [0.15, 0.2) is 22.5 Å². The zero-order chi connectivity index (χ0) is 16.3. The van der Waals surface area contributed by atoms with Crippen molar-refractivity contribution in [2.24, 2.45) is 0 Å². The number of hydrogen-bond acceptors (Lipinski definition) is 7. The minimum absolute atomic E-state index is 0.117. The minimum atomic E-state index is -0.548. The highest BCUT2D eigenvalue weighted by Crippen LogP contribution is 2.29. The first kappa shape index (κ1) is 16.7. The average molecular weight is 359 g/mol. The van der Waals surface area contributed by atoms with Crippen LogP contribution in [-0.4, -0.2) is 26.3 Å². The molecule has 0 aliphatic carbocycles. The topological polar surface area (TPSA) is 98.0 Å². The van der Waals surface area contributed by atoms with Gasteiger partial charge in [0.2, 0.25) is 5.91 Å². The predicted molar refractivity (Wildman–Crippen MR) is 86.7 cm³/mol. The fourth-order valence-electron chi connectivity index (χ4n) is 1.48. The number of nitro benzene ring substituents is 1. The second kappa shape index (κ2) is 7.03. The summed E-state index contributed by atoms with van der Waals surface area (Å²) in [6.45, 7) is 3.57. The van der Waals surface area contributed by atoms with Gasteiger partial charge in [0.1, 0.15) is 5.01 Å². The van der Waals surface area contributed by atoms with Gasteiger partial charge in [-0.2, -0.15) is 0 Å². The van der Waals surface area contributed by atoms with E-state index in [-0.39, 0.29) is 16.6 Å². The number of aryl methyl sites for hydroxylation is 1. The molecule has 1 amide bonds. The summed E-state index contributed by atoms with van der Waals surface area (Å²) in [6, 6.07) is 3.89. The molecule has 0 aliphatic heterocycles. The van der Waals surface area contributed by atoms with Gasteiger partial charge in [0.15, 0.2) is 4.34 Å². The first-order valence-electron chi connectivity index (χ1n) is 6.08. The van der Waals surface area contributed by atoms with Crippen molar-refractivity contribution in [3.8, 4) is 0 Å². The first-order chi connectivity index (χ1) is 10.4. The Kier molecular flexibility index (Phi) is 5.33. The van der Waals surface area contributed by atoms with Crippen LogP contribution < -0.4 is 5.32 Å². The highest BCUT2D eigenvalue weighted by Gasteiger charge is 2.18. The van der Waals surface area contributed by atoms with Crippen molar-refractivity contribution in [3.05, 3.63) is 38.3 Å². The lowest BCUT2D eigenvalue weighted by Crippen LogP contribution is -2.22. The van der Waals surface area contributed by atoms with E-state index in [4.69, 9.17) is 11.6 Å². The number of nitrogens with zero attached hydrogens (tertiary/aromatic N) is 3. The number of anilines is 1. The molecule has 0 saturated heterocycles. The summed E-state index contributed by atoms with van der Waals surface area (Å²) in [5.74, 6) is -0.270. The van der Waals surface area contributed by atoms with E-state index in [0.29, 0.717) is 10.0 Å². The van der Waals surface area contributed by atoms with Crippen molar-refractivity contribution in [2.75, 3.05) is 5.32 Å². The number of halogens is 1. The molecular weight excluding hydrogens is 348 g/mol. The van der Waals surface area contributed by atoms with Crippen molar-refractivity contribution in [1.82, 2.24) is 10.2 Å². The summed E-state index contributed by atoms with van der Waals surface area (Å²) in [6.07, 6.45) is 0. The molecule has 22 heavy (non-hydrogen) atoms. The zero-order valence-electron chi connectivity index (χ0n) is 11.6. The van der Waals surface area contributed by atoms with Crippen LogP contribution in [0, 0.1) is 17.0 Å². The van der Waals surface area contributed by atoms with Crippen LogP contribution in [0.3, 0.4) is 0 Å². The van der Waals surface area contributed by atoms with Crippen molar-refractivity contribution in [1.29, 1.82) is 0 Å². The number of thioether (sulfide) groups is 1. The third-order valence-corrected chi connectivity index (χ3v) is 4.91. The van der Waals surface area contributed by atoms with Gasteiger partial charge in [-0.1, -0.05) is 34.7 Å². The van der Waals surface area contributed by atoms with Gasteiger partial charge in [0, 0.05) is 12.1 Å². The van der Waals surface area contributed by atoms with E-state index in [1.807, 2.05) is 6.92 Å². The van der Waals surface area contributed by atoms with E-state index >= 15 is 0 Å². The van der Waals surface area contributed by atoms with Crippen LogP contribution in [0.4, 0.5) is 11.4 Å². The number of nitrogens with one attached hydrogen (secondary N) is 1. The van der Waals surface area contributed by atoms with Crippen LogP contribution in [-0.2, 0) is 4.79 Å². The quantitative estimate of drug-likeness (QED) is 0.498. The summed E-state index contributed by atoms with van der Waals surface area (Å²) in [5, 5.41) is 21.7. The number of carbonyl (C=O) groups is 1. The van der Waals surface area contributed by atoms with Crippen molar-refractivity contribution in [2.45, 2.75) is 23.4 Å². The van der Waals surface area contributed by atoms with Crippen LogP contribution >= 0.6 is 34.7 Å². The normalized spacial score (nSPS) is 12.0. The highest BCUT2D eigenvalue weighted by atomic mass is 35.5. The summed E-state index contributed by atoms with van der Waals surface area (Å²) in [7, 11) is 0. The van der Waals surface area contributed by atoms with Gasteiger partial charge < -0.3 is 5.32 Å². The number of carbonyl (C=O) groups excluding carboxylic acids is 1. The fourth-order valence-corrected chi connectivity index (χ4v) is 3.67. The number of nitro groups is 1. The minimum Gasteiger partial charge on any atom is -0.324 e. The second-order valence-electron chi connectivity index (χ2n) is 4.26. The Morgan fingerprint density at radius 3 is 2.77 bits per heavy atom. The smallest absolute Gasteiger partial charge is 0.271 e. The molecule has 10 heteroatoms. The van der Waals surface area contributed by atoms with Crippen LogP contribution in [0.2, 0.25) is 5.02 Å². The van der Waals surface area contributed by atoms with E-state index in [9.17, 15) is 14.9 Å². The number of aromatic nitrogens is 2. The van der Waals surface area contributed by atoms with Crippen molar-refractivity contribution < 1.29 is 9.72 Å². The lowest BCUT2D eigenvalue weighted by molar-refractivity contribution is -0.384. The molecule has 1 atom stereocenters. The third kappa shape index (κ3) is 4.15. The molecule has 0 saturated carbocycles. The van der Waals surface area contributed by atoms with Crippen molar-refractivity contribution in [3.63, 3.8) is 0 Å². The summed E-state index contributed by atoms with van der Waals surface area (Å²) in [4.78, 5) is 22.2. The molecule has 0 radical (unpaired) electrons. The molecule has 1 aromatic heterocycles. The predicted octanol–water partition coefficient (Wildman–Crippen LogP) is 3.53. The largest absolute Gasteiger partial charge is 0.324 e. The van der Waals surface area contributed by atoms with Crippen LogP contribution in [0.25, 0.3) is 0 Å². The Labute approximate surface area is 139 Å². The van der Waals surface area contributed by atoms with E-state index in [1.54, 1.807) is 6.92 Å². The van der Waals surface area contributed by atoms with Crippen LogP contribution in [0.1, 0.15) is 11.9 Å². The fraction of sp³-hybridized carbons (Fsp3) is 0.250. The molecule has 7 nitrogen and oxygen atoms in total. The summed E-state index contributed by atoms with van der Waals surface area (Å²) >= 11 is 8.63. The van der Waals surface area contributed by atoms with Gasteiger partial charge in [-0.15, -0.1) is 10.2 Å². The van der Waals surface area contributed by atoms with Gasteiger partial charge in [-0.25, -0.2) is 0 Å². The third-order valence-electron chi connectivity index (χ3n) is 2.58. The molecule has 1 unspecified atom stereocenters. The van der Waals surface area contributed by atoms with E-state index in [0.717, 1.165) is 5.01 Å². The van der Waals surface area contributed by atoms with Gasteiger partial charge in [0.25, 0.3) is 5.69 Å². The Morgan fingerprint density at radius 1 is 1.50 bits per heavy atom. The average Bonchev–Trinajstić information content (AvgIpc) is 2.85. The van der Waals surface area contributed by atoms with Gasteiger partial charge in [0.05, 0.1) is 20.9 Å². The van der Waals surface area contributed by atoms with Gasteiger partial charge in [-0.05, 0) is 19.9 Å². The van der Waals surface area contributed by atoms with E-state index < -0.39 is 10.2 Å². The molecule has 2 rings (SSSR count). The van der Waals surface area contributed by atoms with Crippen LogP contribution in [0.5, 0.6) is 0 Å². The summed E-state index contributed by atoms with van der Waals surface area (Å²) in [5.41, 5.74) is 0.202. The number of rotatable bonds is 5. The summed E-state index contributed by atoms with van der Waals surface area (Å²) < 4.78 is 0.704. The molecule has 1 N–H and O–H groups in total. The Balaban J connectivity index is 2.03. The number of hydrogen-bond donors (Lipinski definition) is 1. The molecule has 0 bridgehead atoms. The molecule has 0 spiro atoms. The number of amides is 1. The standard InChI is InChI=1S/C12H11ClN4O3S2/c1-6(21-12-16-15-7(2)22-12)11(18)14-10-4-3-8(17(19)20)5-9(10)13/h3-6H,1-2H3,(H,14,18). The highest BCUT2D eigenvalue weighted by molar-refractivity contribution is 8.02. The molecule has 116 valence electrons. The zero-order valence-corrected chi connectivity index (χ0v) is 14.0. The Hall–Kier alpha value is -1.71. The maximum Gasteiger partial charge on any atom is 0.271 e. The van der Waals surface area contributed by atoms with E-state index in [2.05, 4.69) is 15.5 Å². The Bertz CT molecular complexity index is 722. The first-order valence-corrected chi connectivity index (χ1v) is 8.16. The van der Waals surface area contributed by atoms with Crippen molar-refractivity contribution >= 4 is 52.0 Å². The molecular formula is C12H11ClN4O3S2. The molecule has 0 aliphatic rings. The number of benzene rings is 1. The second-order valence-corrected chi connectivity index (χ2v) is 7.43. The SMILES string of the molecule is Cc1nnc(SC(C)C(=O)Nc2ccc([N+](=O)[O-])cc2Cl)s1. The maximum absolute atomic E-state index is 12.1. The molecule has 0 fully saturated rings. The molecule has 1 aromatic carbocycles. The monoisotopic (exact) mass is 358 g/mol. The Morgan fingerprint density at radius 2 is 2.23 bits per heavy atom. The maximum atomic E-state index is 12.1. The van der Waals surface area contributed by atoms with Gasteiger partial charge in [-0.3, -0.25) is 14.9 Å². The lowest BCUT2D eigenvalue weighted by atomic mass is 10.2.